The second-order valence-electron chi connectivity index (χ2n) is 8.70. The van der Waals surface area contributed by atoms with E-state index in [2.05, 4.69) is 20.6 Å². The van der Waals surface area contributed by atoms with Gasteiger partial charge in [0.1, 0.15) is 5.82 Å². The molecule has 2 saturated heterocycles. The van der Waals surface area contributed by atoms with Crippen molar-refractivity contribution in [2.45, 2.75) is 37.6 Å². The van der Waals surface area contributed by atoms with Crippen LogP contribution in [0.25, 0.3) is 0 Å². The highest BCUT2D eigenvalue weighted by Crippen LogP contribution is 2.29. The number of anilines is 3. The second-order valence-corrected chi connectivity index (χ2v) is 10.7. The predicted octanol–water partition coefficient (Wildman–Crippen LogP) is 2.61. The Morgan fingerprint density at radius 2 is 1.71 bits per heavy atom. The smallest absolute Gasteiger partial charge is 0.251 e. The van der Waals surface area contributed by atoms with Crippen LogP contribution in [0.3, 0.4) is 0 Å². The normalized spacial score (nSPS) is 19.6. The molecule has 184 valence electrons. The van der Waals surface area contributed by atoms with Crippen LogP contribution in [0.15, 0.2) is 36.5 Å². The van der Waals surface area contributed by atoms with Crippen LogP contribution < -0.4 is 15.5 Å². The standard InChI is InChI=1S/C22H28F2N6O3S/c1-34(32,33)30-12-7-18(8-13-30)27-20(31)16-2-4-17(5-3-16)26-19-6-11-25-21(28-19)29-14-9-22(23,24)10-15-29/h2-6,11,18H,7-10,12-15H2,1H3,(H,27,31)(H,25,26,28). The van der Waals surface area contributed by atoms with Gasteiger partial charge in [-0.25, -0.2) is 26.5 Å². The number of halogens is 2. The van der Waals surface area contributed by atoms with Crippen LogP contribution in [0.4, 0.5) is 26.2 Å². The predicted molar refractivity (Wildman–Crippen MR) is 125 cm³/mol. The summed E-state index contributed by atoms with van der Waals surface area (Å²) in [5.41, 5.74) is 1.21. The van der Waals surface area contributed by atoms with E-state index >= 15 is 0 Å². The number of sulfonamides is 1. The van der Waals surface area contributed by atoms with E-state index in [9.17, 15) is 22.0 Å². The fourth-order valence-corrected chi connectivity index (χ4v) is 4.93. The molecule has 1 aromatic heterocycles. The van der Waals surface area contributed by atoms with E-state index in [1.807, 2.05) is 0 Å². The minimum atomic E-state index is -3.20. The quantitative estimate of drug-likeness (QED) is 0.636. The number of amides is 1. The number of hydrogen-bond acceptors (Lipinski definition) is 7. The summed E-state index contributed by atoms with van der Waals surface area (Å²) in [5.74, 6) is -1.92. The molecule has 0 spiro atoms. The maximum absolute atomic E-state index is 13.4. The van der Waals surface area contributed by atoms with E-state index in [0.717, 1.165) is 0 Å². The molecule has 3 heterocycles. The maximum atomic E-state index is 13.4. The first-order chi connectivity index (χ1) is 16.1. The fraction of sp³-hybridized carbons (Fsp3) is 0.500. The number of hydrogen-bond donors (Lipinski definition) is 2. The van der Waals surface area contributed by atoms with E-state index < -0.39 is 15.9 Å². The Kier molecular flexibility index (Phi) is 6.99. The number of carbonyl (C=O) groups is 1. The lowest BCUT2D eigenvalue weighted by Gasteiger charge is -2.31. The number of rotatable bonds is 6. The summed E-state index contributed by atoms with van der Waals surface area (Å²) in [7, 11) is -3.20. The molecule has 4 rings (SSSR count). The molecular formula is C22H28F2N6O3S. The average Bonchev–Trinajstić information content (AvgIpc) is 2.79. The third kappa shape index (κ3) is 6.17. The minimum Gasteiger partial charge on any atom is -0.349 e. The first kappa shape index (κ1) is 24.3. The van der Waals surface area contributed by atoms with Gasteiger partial charge in [-0.15, -0.1) is 0 Å². The molecule has 0 radical (unpaired) electrons. The number of piperidine rings is 2. The largest absolute Gasteiger partial charge is 0.349 e. The van der Waals surface area contributed by atoms with Crippen molar-refractivity contribution in [3.63, 3.8) is 0 Å². The molecule has 0 aliphatic carbocycles. The van der Waals surface area contributed by atoms with Gasteiger partial charge in [-0.2, -0.15) is 4.98 Å². The molecule has 2 aromatic rings. The Morgan fingerprint density at radius 1 is 1.06 bits per heavy atom. The van der Waals surface area contributed by atoms with Crippen LogP contribution in [0.2, 0.25) is 0 Å². The average molecular weight is 495 g/mol. The van der Waals surface area contributed by atoms with Gasteiger partial charge in [0, 0.05) is 62.5 Å². The molecular weight excluding hydrogens is 466 g/mol. The van der Waals surface area contributed by atoms with E-state index in [-0.39, 0.29) is 37.9 Å². The molecule has 2 fully saturated rings. The zero-order chi connectivity index (χ0) is 24.3. The SMILES string of the molecule is CS(=O)(=O)N1CCC(NC(=O)c2ccc(Nc3ccnc(N4CCC(F)(F)CC4)n3)cc2)CC1. The van der Waals surface area contributed by atoms with Crippen molar-refractivity contribution in [3.05, 3.63) is 42.1 Å². The molecule has 1 aromatic carbocycles. The van der Waals surface area contributed by atoms with Crippen LogP contribution >= 0.6 is 0 Å². The Bertz CT molecular complexity index is 1110. The van der Waals surface area contributed by atoms with Crippen molar-refractivity contribution < 1.29 is 22.0 Å². The molecule has 9 nitrogen and oxygen atoms in total. The van der Waals surface area contributed by atoms with Gasteiger partial charge in [0.25, 0.3) is 11.8 Å². The number of nitrogens with zero attached hydrogens (tertiary/aromatic N) is 4. The highest BCUT2D eigenvalue weighted by Gasteiger charge is 2.34. The van der Waals surface area contributed by atoms with Crippen molar-refractivity contribution in [1.82, 2.24) is 19.6 Å². The molecule has 0 saturated carbocycles. The lowest BCUT2D eigenvalue weighted by molar-refractivity contribution is -0.0222. The van der Waals surface area contributed by atoms with Gasteiger partial charge in [-0.3, -0.25) is 4.79 Å². The van der Waals surface area contributed by atoms with Crippen molar-refractivity contribution >= 4 is 33.4 Å². The van der Waals surface area contributed by atoms with Crippen LogP contribution in [0.5, 0.6) is 0 Å². The molecule has 2 aliphatic heterocycles. The zero-order valence-electron chi connectivity index (χ0n) is 18.9. The molecule has 0 unspecified atom stereocenters. The van der Waals surface area contributed by atoms with Crippen LogP contribution in [-0.4, -0.2) is 73.0 Å². The van der Waals surface area contributed by atoms with Crippen molar-refractivity contribution in [1.29, 1.82) is 0 Å². The van der Waals surface area contributed by atoms with Gasteiger partial charge in [0.05, 0.1) is 6.26 Å². The molecule has 2 N–H and O–H groups in total. The zero-order valence-corrected chi connectivity index (χ0v) is 19.7. The summed E-state index contributed by atoms with van der Waals surface area (Å²) in [6, 6.07) is 8.51. The maximum Gasteiger partial charge on any atom is 0.251 e. The number of carbonyl (C=O) groups excluding carboxylic acids is 1. The summed E-state index contributed by atoms with van der Waals surface area (Å²) < 4.78 is 51.5. The molecule has 2 aliphatic rings. The number of alkyl halides is 2. The van der Waals surface area contributed by atoms with Crippen molar-refractivity contribution in [3.8, 4) is 0 Å². The molecule has 34 heavy (non-hydrogen) atoms. The summed E-state index contributed by atoms with van der Waals surface area (Å²) in [6.07, 6.45) is 3.49. The Morgan fingerprint density at radius 3 is 2.32 bits per heavy atom. The highest BCUT2D eigenvalue weighted by molar-refractivity contribution is 7.88. The van der Waals surface area contributed by atoms with Gasteiger partial charge in [0.2, 0.25) is 16.0 Å². The van der Waals surface area contributed by atoms with Crippen molar-refractivity contribution in [2.75, 3.05) is 42.7 Å². The first-order valence-corrected chi connectivity index (χ1v) is 13.0. The number of aromatic nitrogens is 2. The number of benzene rings is 1. The van der Waals surface area contributed by atoms with E-state index in [0.29, 0.717) is 48.9 Å². The van der Waals surface area contributed by atoms with E-state index in [4.69, 9.17) is 0 Å². The molecule has 0 bridgehead atoms. The first-order valence-electron chi connectivity index (χ1n) is 11.2. The van der Waals surface area contributed by atoms with E-state index in [1.54, 1.807) is 41.4 Å². The lowest BCUT2D eigenvalue weighted by atomic mass is 10.1. The Labute approximate surface area is 197 Å². The summed E-state index contributed by atoms with van der Waals surface area (Å²) in [4.78, 5) is 23.0. The van der Waals surface area contributed by atoms with Gasteiger partial charge in [0.15, 0.2) is 0 Å². The monoisotopic (exact) mass is 494 g/mol. The topological polar surface area (TPSA) is 108 Å². The van der Waals surface area contributed by atoms with Gasteiger partial charge < -0.3 is 15.5 Å². The third-order valence-electron chi connectivity index (χ3n) is 6.10. The van der Waals surface area contributed by atoms with Crippen molar-refractivity contribution in [2.24, 2.45) is 0 Å². The Balaban J connectivity index is 1.31. The van der Waals surface area contributed by atoms with Crippen LogP contribution in [0, 0.1) is 0 Å². The second kappa shape index (κ2) is 9.79. The number of nitrogens with one attached hydrogen (secondary N) is 2. The van der Waals surface area contributed by atoms with Gasteiger partial charge in [-0.1, -0.05) is 0 Å². The summed E-state index contributed by atoms with van der Waals surface area (Å²) >= 11 is 0. The summed E-state index contributed by atoms with van der Waals surface area (Å²) in [6.45, 7) is 1.20. The van der Waals surface area contributed by atoms with Crippen LogP contribution in [0.1, 0.15) is 36.0 Å². The third-order valence-corrected chi connectivity index (χ3v) is 7.40. The summed E-state index contributed by atoms with van der Waals surface area (Å²) in [5, 5.41) is 6.11. The van der Waals surface area contributed by atoms with Crippen LogP contribution in [-0.2, 0) is 10.0 Å². The lowest BCUT2D eigenvalue weighted by Crippen LogP contribution is -2.46. The molecule has 1 amide bonds. The molecule has 0 atom stereocenters. The molecule has 12 heteroatoms. The highest BCUT2D eigenvalue weighted by atomic mass is 32.2. The fourth-order valence-electron chi connectivity index (χ4n) is 4.06. The van der Waals surface area contributed by atoms with E-state index in [1.165, 1.54) is 10.6 Å². The van der Waals surface area contributed by atoms with Gasteiger partial charge in [-0.05, 0) is 43.2 Å². The Hall–Kier alpha value is -2.86. The minimum absolute atomic E-state index is 0.0718. The van der Waals surface area contributed by atoms with Gasteiger partial charge >= 0.3 is 0 Å².